The molecule has 6 rings (SSSR count). The summed E-state index contributed by atoms with van der Waals surface area (Å²) in [7, 11) is 0. The predicted octanol–water partition coefficient (Wildman–Crippen LogP) is 3.89. The van der Waals surface area contributed by atoms with Crippen molar-refractivity contribution in [3.8, 4) is 11.3 Å². The first-order valence-corrected chi connectivity index (χ1v) is 11.1. The molecule has 0 aliphatic heterocycles. The van der Waals surface area contributed by atoms with Gasteiger partial charge < -0.3 is 9.55 Å². The quantitative estimate of drug-likeness (QED) is 0.344. The molecule has 0 radical (unpaired) electrons. The number of imidazole rings is 2. The van der Waals surface area contributed by atoms with Crippen molar-refractivity contribution in [1.82, 2.24) is 34.1 Å². The van der Waals surface area contributed by atoms with Gasteiger partial charge in [0.2, 0.25) is 0 Å². The molecule has 190 valence electrons. The molecule has 9 nitrogen and oxygen atoms in total. The van der Waals surface area contributed by atoms with E-state index >= 15 is 0 Å². The zero-order chi connectivity index (χ0) is 26.1. The van der Waals surface area contributed by atoms with Gasteiger partial charge in [-0.3, -0.25) is 9.78 Å². The van der Waals surface area contributed by atoms with Crippen molar-refractivity contribution in [2.75, 3.05) is 0 Å². The Hall–Kier alpha value is -4.36. The third-order valence-corrected chi connectivity index (χ3v) is 6.44. The van der Waals surface area contributed by atoms with Gasteiger partial charge >= 0.3 is 11.9 Å². The van der Waals surface area contributed by atoms with Gasteiger partial charge in [-0.1, -0.05) is 6.07 Å². The summed E-state index contributed by atoms with van der Waals surface area (Å²) < 4.78 is 67.9. The second-order valence-electron chi connectivity index (χ2n) is 8.83. The number of hydrogen-bond acceptors (Lipinski definition) is 5. The molecule has 37 heavy (non-hydrogen) atoms. The fraction of sp³-hybridized carbons (Fsp3) is 0.261. The molecule has 0 spiro atoms. The first kappa shape index (κ1) is 23.1. The molecule has 4 heterocycles. The van der Waals surface area contributed by atoms with E-state index in [-0.39, 0.29) is 28.4 Å². The minimum absolute atomic E-state index is 0.0206. The van der Waals surface area contributed by atoms with Crippen molar-refractivity contribution >= 4 is 16.7 Å². The Kier molecular flexibility index (Phi) is 5.04. The SMILES string of the molecule is O=c1[nH]cc(-c2cc([C@H]3C[C@@H]3c3ccc4c(c3)nc(C(F)F)n4CC(F)(F)F)c3nccn3n2)c(=O)[nH]1. The maximum absolute atomic E-state index is 13.4. The van der Waals surface area contributed by atoms with Crippen molar-refractivity contribution < 1.29 is 22.0 Å². The van der Waals surface area contributed by atoms with Gasteiger partial charge in [-0.05, 0) is 42.0 Å². The zero-order valence-electron chi connectivity index (χ0n) is 18.6. The van der Waals surface area contributed by atoms with Crippen LogP contribution in [0.1, 0.15) is 41.6 Å². The zero-order valence-corrected chi connectivity index (χ0v) is 18.6. The van der Waals surface area contributed by atoms with Crippen LogP contribution >= 0.6 is 0 Å². The highest BCUT2D eigenvalue weighted by atomic mass is 19.4. The number of halogens is 5. The smallest absolute Gasteiger partial charge is 0.314 e. The Morgan fingerprint density at radius 2 is 1.95 bits per heavy atom. The third kappa shape index (κ3) is 4.07. The largest absolute Gasteiger partial charge is 0.406 e. The molecule has 1 aromatic carbocycles. The molecule has 2 N–H and O–H groups in total. The average Bonchev–Trinajstić information content (AvgIpc) is 3.33. The van der Waals surface area contributed by atoms with E-state index in [4.69, 9.17) is 0 Å². The Morgan fingerprint density at radius 1 is 1.14 bits per heavy atom. The van der Waals surface area contributed by atoms with E-state index in [1.165, 1.54) is 22.8 Å². The van der Waals surface area contributed by atoms with Crippen molar-refractivity contribution in [1.29, 1.82) is 0 Å². The standard InChI is InChI=1S/C23H16F5N7O2/c24-18(25)20-31-16-5-10(1-2-17(16)34(20)9-23(26,27)28)11-6-12(11)13-7-15(33-35-4-3-29-19(13)35)14-8-30-22(37)32-21(14)36/h1-5,7-8,11-12,18H,6,9H2,(H2,30,32,36,37)/t11-,12+/m1/s1. The van der Waals surface area contributed by atoms with Crippen LogP contribution in [-0.2, 0) is 6.54 Å². The molecule has 1 aliphatic carbocycles. The molecule has 0 unspecified atom stereocenters. The van der Waals surface area contributed by atoms with Crippen molar-refractivity contribution in [3.63, 3.8) is 0 Å². The summed E-state index contributed by atoms with van der Waals surface area (Å²) in [5.74, 6) is -1.07. The summed E-state index contributed by atoms with van der Waals surface area (Å²) in [6.07, 6.45) is -2.75. The lowest BCUT2D eigenvalue weighted by atomic mass is 10.0. The van der Waals surface area contributed by atoms with Gasteiger partial charge in [-0.2, -0.15) is 18.3 Å². The molecular formula is C23H16F5N7O2. The third-order valence-electron chi connectivity index (χ3n) is 6.44. The monoisotopic (exact) mass is 517 g/mol. The molecule has 5 aromatic rings. The minimum Gasteiger partial charge on any atom is -0.314 e. The highest BCUT2D eigenvalue weighted by Gasteiger charge is 2.42. The summed E-state index contributed by atoms with van der Waals surface area (Å²) in [4.78, 5) is 36.4. The topological polar surface area (TPSA) is 114 Å². The van der Waals surface area contributed by atoms with Crippen molar-refractivity contribution in [3.05, 3.63) is 80.6 Å². The number of aromatic nitrogens is 7. The van der Waals surface area contributed by atoms with Crippen LogP contribution in [0.2, 0.25) is 0 Å². The normalized spacial score (nSPS) is 17.8. The van der Waals surface area contributed by atoms with E-state index in [0.717, 1.165) is 11.1 Å². The second-order valence-corrected chi connectivity index (χ2v) is 8.83. The van der Waals surface area contributed by atoms with Crippen molar-refractivity contribution in [2.45, 2.75) is 37.4 Å². The molecular weight excluding hydrogens is 501 g/mol. The Bertz CT molecular complexity index is 1780. The highest BCUT2D eigenvalue weighted by molar-refractivity contribution is 5.77. The van der Waals surface area contributed by atoms with E-state index in [0.29, 0.717) is 22.3 Å². The summed E-state index contributed by atoms with van der Waals surface area (Å²) in [6.45, 7) is -1.56. The molecule has 0 saturated heterocycles. The van der Waals surface area contributed by atoms with Crippen LogP contribution in [-0.4, -0.2) is 40.3 Å². The Labute approximate surface area is 202 Å². The van der Waals surface area contributed by atoms with Crippen molar-refractivity contribution in [2.24, 2.45) is 0 Å². The Balaban J connectivity index is 1.38. The molecule has 0 amide bonds. The number of hydrogen-bond donors (Lipinski definition) is 2. The molecule has 14 heteroatoms. The maximum Gasteiger partial charge on any atom is 0.406 e. The number of aromatic amines is 2. The lowest BCUT2D eigenvalue weighted by molar-refractivity contribution is -0.141. The highest BCUT2D eigenvalue weighted by Crippen LogP contribution is 2.56. The van der Waals surface area contributed by atoms with E-state index in [1.807, 2.05) is 0 Å². The number of H-pyrrole nitrogens is 2. The van der Waals surface area contributed by atoms with E-state index in [9.17, 15) is 31.5 Å². The van der Waals surface area contributed by atoms with Crippen LogP contribution < -0.4 is 11.2 Å². The molecule has 1 fully saturated rings. The van der Waals surface area contributed by atoms with Gasteiger partial charge in [0.05, 0.1) is 22.3 Å². The minimum atomic E-state index is -4.68. The van der Waals surface area contributed by atoms with Gasteiger partial charge in [0.15, 0.2) is 11.5 Å². The van der Waals surface area contributed by atoms with Crippen LogP contribution in [0.5, 0.6) is 0 Å². The number of fused-ring (bicyclic) bond motifs is 2. The van der Waals surface area contributed by atoms with Gasteiger partial charge in [0, 0.05) is 24.2 Å². The van der Waals surface area contributed by atoms with Crippen LogP contribution in [0, 0.1) is 0 Å². The van der Waals surface area contributed by atoms with E-state index in [1.54, 1.807) is 24.5 Å². The number of benzene rings is 1. The van der Waals surface area contributed by atoms with Crippen LogP contribution in [0.3, 0.4) is 0 Å². The number of rotatable bonds is 5. The predicted molar refractivity (Wildman–Crippen MR) is 121 cm³/mol. The van der Waals surface area contributed by atoms with Gasteiger partial charge in [0.25, 0.3) is 12.0 Å². The first-order chi connectivity index (χ1) is 17.6. The maximum atomic E-state index is 13.4. The lowest BCUT2D eigenvalue weighted by Gasteiger charge is -2.11. The Morgan fingerprint density at radius 3 is 2.68 bits per heavy atom. The molecule has 2 atom stereocenters. The summed E-state index contributed by atoms with van der Waals surface area (Å²) in [6, 6.07) is 6.25. The van der Waals surface area contributed by atoms with E-state index in [2.05, 4.69) is 25.0 Å². The molecule has 4 aromatic heterocycles. The van der Waals surface area contributed by atoms with Crippen LogP contribution in [0.25, 0.3) is 27.9 Å². The average molecular weight is 517 g/mol. The molecule has 1 saturated carbocycles. The van der Waals surface area contributed by atoms with Gasteiger partial charge in [0.1, 0.15) is 6.54 Å². The number of nitrogens with one attached hydrogen (secondary N) is 2. The number of alkyl halides is 5. The lowest BCUT2D eigenvalue weighted by Crippen LogP contribution is -2.23. The fourth-order valence-corrected chi connectivity index (χ4v) is 4.76. The van der Waals surface area contributed by atoms with Gasteiger partial charge in [-0.15, -0.1) is 0 Å². The molecule has 1 aliphatic rings. The number of nitrogens with zero attached hydrogens (tertiary/aromatic N) is 5. The van der Waals surface area contributed by atoms with Gasteiger partial charge in [-0.25, -0.2) is 28.1 Å². The molecule has 0 bridgehead atoms. The summed E-state index contributed by atoms with van der Waals surface area (Å²) in [5.41, 5.74) is 1.33. The second kappa shape index (κ2) is 8.08. The fourth-order valence-electron chi connectivity index (χ4n) is 4.76. The summed E-state index contributed by atoms with van der Waals surface area (Å²) >= 11 is 0. The first-order valence-electron chi connectivity index (χ1n) is 11.1. The van der Waals surface area contributed by atoms with Crippen LogP contribution in [0.4, 0.5) is 22.0 Å². The van der Waals surface area contributed by atoms with Crippen LogP contribution in [0.15, 0.2) is 52.4 Å². The summed E-state index contributed by atoms with van der Waals surface area (Å²) in [5, 5.41) is 4.40. The van der Waals surface area contributed by atoms with E-state index < -0.39 is 36.2 Å².